The lowest BCUT2D eigenvalue weighted by molar-refractivity contribution is 0.0698. The molecule has 96 valence electrons. The Balaban J connectivity index is 2.87. The average Bonchev–Trinajstić information content (AvgIpc) is 2.62. The standard InChI is InChI=1S/C15H19NO2/c1-4-9-16-10(3)11(5-2)12-7-6-8-13(14(12)16)15(17)18/h6-8H,4-5,9H2,1-3H3,(H,17,18). The van der Waals surface area contributed by atoms with Crippen molar-refractivity contribution in [3.8, 4) is 0 Å². The summed E-state index contributed by atoms with van der Waals surface area (Å²) in [6.07, 6.45) is 1.93. The molecule has 0 saturated carbocycles. The van der Waals surface area contributed by atoms with Crippen LogP contribution in [0.1, 0.15) is 41.9 Å². The lowest BCUT2D eigenvalue weighted by Gasteiger charge is -2.08. The van der Waals surface area contributed by atoms with Gasteiger partial charge in [0, 0.05) is 17.6 Å². The summed E-state index contributed by atoms with van der Waals surface area (Å²) >= 11 is 0. The maximum absolute atomic E-state index is 11.4. The molecule has 0 atom stereocenters. The van der Waals surface area contributed by atoms with Gasteiger partial charge in [0.15, 0.2) is 0 Å². The number of benzene rings is 1. The van der Waals surface area contributed by atoms with Crippen molar-refractivity contribution in [2.24, 2.45) is 0 Å². The molecule has 0 aliphatic carbocycles. The average molecular weight is 245 g/mol. The van der Waals surface area contributed by atoms with E-state index < -0.39 is 5.97 Å². The van der Waals surface area contributed by atoms with E-state index in [0.29, 0.717) is 5.56 Å². The van der Waals surface area contributed by atoms with Gasteiger partial charge in [-0.2, -0.15) is 0 Å². The van der Waals surface area contributed by atoms with E-state index in [0.717, 1.165) is 30.3 Å². The summed E-state index contributed by atoms with van der Waals surface area (Å²) in [7, 11) is 0. The van der Waals surface area contributed by atoms with Crippen molar-refractivity contribution in [1.82, 2.24) is 4.57 Å². The van der Waals surface area contributed by atoms with E-state index in [4.69, 9.17) is 0 Å². The number of carboxylic acid groups (broad SMARTS) is 1. The minimum absolute atomic E-state index is 0.406. The Hall–Kier alpha value is -1.77. The van der Waals surface area contributed by atoms with Gasteiger partial charge in [-0.25, -0.2) is 4.79 Å². The molecule has 0 saturated heterocycles. The van der Waals surface area contributed by atoms with E-state index in [-0.39, 0.29) is 0 Å². The first-order chi connectivity index (χ1) is 8.61. The minimum Gasteiger partial charge on any atom is -0.478 e. The molecule has 2 aromatic rings. The van der Waals surface area contributed by atoms with Gasteiger partial charge in [-0.15, -0.1) is 0 Å². The molecule has 0 spiro atoms. The highest BCUT2D eigenvalue weighted by Crippen LogP contribution is 2.29. The summed E-state index contributed by atoms with van der Waals surface area (Å²) in [6, 6.07) is 5.55. The second-order valence-corrected chi connectivity index (χ2v) is 4.58. The quantitative estimate of drug-likeness (QED) is 0.893. The molecule has 1 aromatic carbocycles. The summed E-state index contributed by atoms with van der Waals surface area (Å²) in [5.41, 5.74) is 3.74. The van der Waals surface area contributed by atoms with Crippen LogP contribution in [0.15, 0.2) is 18.2 Å². The largest absolute Gasteiger partial charge is 0.478 e. The van der Waals surface area contributed by atoms with Crippen LogP contribution < -0.4 is 0 Å². The Morgan fingerprint density at radius 3 is 2.61 bits per heavy atom. The molecular formula is C15H19NO2. The molecule has 3 nitrogen and oxygen atoms in total. The summed E-state index contributed by atoms with van der Waals surface area (Å²) < 4.78 is 2.15. The Morgan fingerprint density at radius 2 is 2.06 bits per heavy atom. The summed E-state index contributed by atoms with van der Waals surface area (Å²) in [6.45, 7) is 7.18. The van der Waals surface area contributed by atoms with Crippen molar-refractivity contribution < 1.29 is 9.90 Å². The first-order valence-electron chi connectivity index (χ1n) is 6.45. The lowest BCUT2D eigenvalue weighted by Crippen LogP contribution is -2.04. The summed E-state index contributed by atoms with van der Waals surface area (Å²) in [5.74, 6) is -0.849. The monoisotopic (exact) mass is 245 g/mol. The zero-order chi connectivity index (χ0) is 13.3. The van der Waals surface area contributed by atoms with Crippen LogP contribution in [-0.4, -0.2) is 15.6 Å². The van der Waals surface area contributed by atoms with Crippen molar-refractivity contribution in [3.05, 3.63) is 35.0 Å². The van der Waals surface area contributed by atoms with Crippen molar-refractivity contribution in [2.45, 2.75) is 40.2 Å². The molecule has 1 heterocycles. The fourth-order valence-electron chi connectivity index (χ4n) is 2.73. The topological polar surface area (TPSA) is 42.2 Å². The predicted octanol–water partition coefficient (Wildman–Crippen LogP) is 3.62. The number of aryl methyl sites for hydroxylation is 2. The van der Waals surface area contributed by atoms with Crippen molar-refractivity contribution in [3.63, 3.8) is 0 Å². The van der Waals surface area contributed by atoms with E-state index in [1.807, 2.05) is 12.1 Å². The first kappa shape index (κ1) is 12.7. The van der Waals surface area contributed by atoms with Crippen LogP contribution in [0.3, 0.4) is 0 Å². The fourth-order valence-corrected chi connectivity index (χ4v) is 2.73. The number of carbonyl (C=O) groups is 1. The van der Waals surface area contributed by atoms with Gasteiger partial charge in [0.05, 0.1) is 11.1 Å². The normalized spacial score (nSPS) is 11.1. The summed E-state index contributed by atoms with van der Waals surface area (Å²) in [5, 5.41) is 10.4. The number of rotatable bonds is 4. The number of hydrogen-bond acceptors (Lipinski definition) is 1. The van der Waals surface area contributed by atoms with E-state index in [1.54, 1.807) is 6.07 Å². The van der Waals surface area contributed by atoms with E-state index >= 15 is 0 Å². The lowest BCUT2D eigenvalue weighted by atomic mass is 10.1. The Bertz CT molecular complexity index is 596. The van der Waals surface area contributed by atoms with E-state index in [1.165, 1.54) is 11.3 Å². The second kappa shape index (κ2) is 4.84. The fraction of sp³-hybridized carbons (Fsp3) is 0.400. The van der Waals surface area contributed by atoms with Gasteiger partial charge in [0.2, 0.25) is 0 Å². The maximum atomic E-state index is 11.4. The molecule has 18 heavy (non-hydrogen) atoms. The molecule has 0 unspecified atom stereocenters. The molecule has 0 aliphatic heterocycles. The molecular weight excluding hydrogens is 226 g/mol. The van der Waals surface area contributed by atoms with Crippen LogP contribution >= 0.6 is 0 Å². The number of fused-ring (bicyclic) bond motifs is 1. The number of hydrogen-bond donors (Lipinski definition) is 1. The molecule has 3 heteroatoms. The van der Waals surface area contributed by atoms with Gasteiger partial charge in [-0.3, -0.25) is 0 Å². The molecule has 0 fully saturated rings. The van der Waals surface area contributed by atoms with Crippen LogP contribution in [0.2, 0.25) is 0 Å². The highest BCUT2D eigenvalue weighted by atomic mass is 16.4. The third-order valence-electron chi connectivity index (χ3n) is 3.50. The molecule has 2 rings (SSSR count). The van der Waals surface area contributed by atoms with Crippen LogP contribution in [-0.2, 0) is 13.0 Å². The van der Waals surface area contributed by atoms with Gasteiger partial charge in [0.25, 0.3) is 0 Å². The first-order valence-corrected chi connectivity index (χ1v) is 6.45. The van der Waals surface area contributed by atoms with Crippen LogP contribution in [0.5, 0.6) is 0 Å². The highest BCUT2D eigenvalue weighted by molar-refractivity contribution is 6.03. The van der Waals surface area contributed by atoms with E-state index in [9.17, 15) is 9.90 Å². The molecule has 1 N–H and O–H groups in total. The Labute approximate surface area is 107 Å². The zero-order valence-electron chi connectivity index (χ0n) is 11.2. The predicted molar refractivity (Wildman–Crippen MR) is 73.3 cm³/mol. The molecule has 0 amide bonds. The highest BCUT2D eigenvalue weighted by Gasteiger charge is 2.18. The van der Waals surface area contributed by atoms with Crippen molar-refractivity contribution in [2.75, 3.05) is 0 Å². The van der Waals surface area contributed by atoms with Gasteiger partial charge >= 0.3 is 5.97 Å². The Morgan fingerprint density at radius 1 is 1.33 bits per heavy atom. The molecule has 0 aliphatic rings. The van der Waals surface area contributed by atoms with Gasteiger partial charge in [-0.05, 0) is 31.4 Å². The van der Waals surface area contributed by atoms with Crippen molar-refractivity contribution in [1.29, 1.82) is 0 Å². The van der Waals surface area contributed by atoms with Gasteiger partial charge in [0.1, 0.15) is 0 Å². The smallest absolute Gasteiger partial charge is 0.337 e. The molecule has 0 bridgehead atoms. The number of para-hydroxylation sites is 1. The minimum atomic E-state index is -0.849. The number of aromatic nitrogens is 1. The van der Waals surface area contributed by atoms with Crippen LogP contribution in [0, 0.1) is 6.92 Å². The number of carboxylic acids is 1. The zero-order valence-corrected chi connectivity index (χ0v) is 11.2. The number of nitrogens with zero attached hydrogens (tertiary/aromatic N) is 1. The molecule has 0 radical (unpaired) electrons. The van der Waals surface area contributed by atoms with E-state index in [2.05, 4.69) is 25.3 Å². The maximum Gasteiger partial charge on any atom is 0.337 e. The van der Waals surface area contributed by atoms with Crippen LogP contribution in [0.25, 0.3) is 10.9 Å². The second-order valence-electron chi connectivity index (χ2n) is 4.58. The number of aromatic carboxylic acids is 1. The third kappa shape index (κ3) is 1.80. The van der Waals surface area contributed by atoms with Gasteiger partial charge in [-0.1, -0.05) is 26.0 Å². The summed E-state index contributed by atoms with van der Waals surface area (Å²) in [4.78, 5) is 11.4. The third-order valence-corrected chi connectivity index (χ3v) is 3.50. The van der Waals surface area contributed by atoms with Crippen molar-refractivity contribution >= 4 is 16.9 Å². The Kier molecular flexibility index (Phi) is 3.41. The van der Waals surface area contributed by atoms with Crippen LogP contribution in [0.4, 0.5) is 0 Å². The van der Waals surface area contributed by atoms with Gasteiger partial charge < -0.3 is 9.67 Å². The molecule has 1 aromatic heterocycles. The SMILES string of the molecule is CCCn1c(C)c(CC)c2cccc(C(=O)O)c21.